The first-order valence-electron chi connectivity index (χ1n) is 5.48. The van der Waals surface area contributed by atoms with Gasteiger partial charge in [0.05, 0.1) is 6.61 Å². The van der Waals surface area contributed by atoms with Crippen molar-refractivity contribution in [1.29, 1.82) is 0 Å². The molecule has 7 nitrogen and oxygen atoms in total. The van der Waals surface area contributed by atoms with E-state index in [0.717, 1.165) is 0 Å². The van der Waals surface area contributed by atoms with Crippen molar-refractivity contribution in [1.82, 2.24) is 5.32 Å². The fourth-order valence-electron chi connectivity index (χ4n) is 1.99. The smallest absolute Gasteiger partial charge is 0.217 e. The maximum Gasteiger partial charge on any atom is 0.217 e. The van der Waals surface area contributed by atoms with E-state index in [-0.39, 0.29) is 6.42 Å². The Bertz CT molecular complexity index is 280. The summed E-state index contributed by atoms with van der Waals surface area (Å²) in [4.78, 5) is 10.9. The Morgan fingerprint density at radius 3 is 2.41 bits per heavy atom. The van der Waals surface area contributed by atoms with Gasteiger partial charge >= 0.3 is 0 Å². The Hall–Kier alpha value is -0.730. The van der Waals surface area contributed by atoms with Gasteiger partial charge in [-0.25, -0.2) is 0 Å². The van der Waals surface area contributed by atoms with Gasteiger partial charge in [-0.05, 0) is 6.42 Å². The summed E-state index contributed by atoms with van der Waals surface area (Å²) in [5.74, 6) is -0.461. The highest BCUT2D eigenvalue weighted by molar-refractivity contribution is 5.73. The molecule has 5 atom stereocenters. The molecule has 1 aliphatic heterocycles. The van der Waals surface area contributed by atoms with Crippen molar-refractivity contribution in [3.63, 3.8) is 0 Å². The van der Waals surface area contributed by atoms with Crippen LogP contribution in [0.1, 0.15) is 20.3 Å². The molecule has 1 aliphatic rings. The molecule has 1 fully saturated rings. The minimum atomic E-state index is -1.48. The van der Waals surface area contributed by atoms with Crippen LogP contribution in [0.25, 0.3) is 0 Å². The number of hydrogen-bond donors (Lipinski definition) is 5. The van der Waals surface area contributed by atoms with E-state index in [1.165, 1.54) is 6.92 Å². The molecule has 1 unspecified atom stereocenters. The third-order valence-electron chi connectivity index (χ3n) is 3.13. The quantitative estimate of drug-likeness (QED) is 0.384. The summed E-state index contributed by atoms with van der Waals surface area (Å²) in [6.45, 7) is 2.34. The van der Waals surface area contributed by atoms with Gasteiger partial charge in [-0.2, -0.15) is 0 Å². The number of hydrogen-bond acceptors (Lipinski definition) is 6. The van der Waals surface area contributed by atoms with Gasteiger partial charge in [0.15, 0.2) is 6.29 Å². The van der Waals surface area contributed by atoms with Crippen LogP contribution in [0.5, 0.6) is 0 Å². The second kappa shape index (κ2) is 5.28. The molecule has 1 saturated heterocycles. The van der Waals surface area contributed by atoms with Crippen LogP contribution in [0.2, 0.25) is 0 Å². The third kappa shape index (κ3) is 2.58. The molecule has 1 heterocycles. The molecule has 1 rings (SSSR count). The summed E-state index contributed by atoms with van der Waals surface area (Å²) >= 11 is 0. The van der Waals surface area contributed by atoms with Crippen LogP contribution in [0, 0.1) is 0 Å². The number of carbonyl (C=O) groups excluding carboxylic acids is 1. The molecular weight excluding hydrogens is 230 g/mol. The topological polar surface area (TPSA) is 119 Å². The molecule has 0 saturated carbocycles. The van der Waals surface area contributed by atoms with E-state index in [1.54, 1.807) is 6.92 Å². The summed E-state index contributed by atoms with van der Waals surface area (Å²) in [5.41, 5.74) is -1.41. The molecule has 1 amide bonds. The number of aliphatic hydroxyl groups excluding tert-OH is 4. The van der Waals surface area contributed by atoms with Gasteiger partial charge in [0.2, 0.25) is 5.91 Å². The van der Waals surface area contributed by atoms with Crippen molar-refractivity contribution < 1.29 is 30.0 Å². The largest absolute Gasteiger partial charge is 0.393 e. The van der Waals surface area contributed by atoms with Crippen LogP contribution in [-0.4, -0.2) is 63.1 Å². The number of carbonyl (C=O) groups is 1. The predicted molar refractivity (Wildman–Crippen MR) is 56.8 cm³/mol. The van der Waals surface area contributed by atoms with Crippen molar-refractivity contribution >= 4 is 5.91 Å². The zero-order valence-corrected chi connectivity index (χ0v) is 9.83. The maximum absolute atomic E-state index is 10.9. The van der Waals surface area contributed by atoms with Crippen LogP contribution >= 0.6 is 0 Å². The molecule has 0 aromatic rings. The van der Waals surface area contributed by atoms with Crippen LogP contribution in [0.15, 0.2) is 0 Å². The van der Waals surface area contributed by atoms with E-state index < -0.39 is 42.7 Å². The molecular formula is C10H19NO6. The Kier molecular flexibility index (Phi) is 4.45. The Balaban J connectivity index is 2.90. The highest BCUT2D eigenvalue weighted by Crippen LogP contribution is 2.31. The number of rotatable bonds is 3. The molecule has 5 N–H and O–H groups in total. The summed E-state index contributed by atoms with van der Waals surface area (Å²) < 4.78 is 5.15. The molecule has 0 radical (unpaired) electrons. The van der Waals surface area contributed by atoms with E-state index in [4.69, 9.17) is 4.74 Å². The molecule has 7 heteroatoms. The van der Waals surface area contributed by atoms with Gasteiger partial charge in [-0.1, -0.05) is 6.92 Å². The fraction of sp³-hybridized carbons (Fsp3) is 0.900. The van der Waals surface area contributed by atoms with Crippen molar-refractivity contribution in [2.75, 3.05) is 6.61 Å². The van der Waals surface area contributed by atoms with E-state index in [2.05, 4.69) is 5.32 Å². The van der Waals surface area contributed by atoms with Crippen molar-refractivity contribution in [2.45, 2.75) is 50.4 Å². The normalized spacial score (nSPS) is 42.2. The van der Waals surface area contributed by atoms with Gasteiger partial charge < -0.3 is 30.5 Å². The SMILES string of the molecule is CC[C@]1(CO)OC(O)[C@H](NC(C)=O)[C@@H](O)[C@@H]1O. The number of nitrogens with one attached hydrogen (secondary N) is 1. The van der Waals surface area contributed by atoms with Crippen molar-refractivity contribution in [3.05, 3.63) is 0 Å². The Morgan fingerprint density at radius 2 is 2.00 bits per heavy atom. The zero-order chi connectivity index (χ0) is 13.2. The van der Waals surface area contributed by atoms with E-state index in [1.807, 2.05) is 0 Å². The van der Waals surface area contributed by atoms with Gasteiger partial charge in [-0.3, -0.25) is 4.79 Å². The minimum Gasteiger partial charge on any atom is -0.393 e. The summed E-state index contributed by atoms with van der Waals surface area (Å²) in [7, 11) is 0. The van der Waals surface area contributed by atoms with Crippen molar-refractivity contribution in [3.8, 4) is 0 Å². The van der Waals surface area contributed by atoms with E-state index in [0.29, 0.717) is 0 Å². The van der Waals surface area contributed by atoms with Gasteiger partial charge in [0.1, 0.15) is 23.9 Å². The van der Waals surface area contributed by atoms with Gasteiger partial charge in [0.25, 0.3) is 0 Å². The van der Waals surface area contributed by atoms with Crippen molar-refractivity contribution in [2.24, 2.45) is 0 Å². The Labute approximate surface area is 99.0 Å². The van der Waals surface area contributed by atoms with Crippen LogP contribution in [0.4, 0.5) is 0 Å². The summed E-state index contributed by atoms with van der Waals surface area (Å²) in [5, 5.41) is 40.9. The first kappa shape index (κ1) is 14.3. The van der Waals surface area contributed by atoms with Crippen LogP contribution in [0.3, 0.4) is 0 Å². The third-order valence-corrected chi connectivity index (χ3v) is 3.13. The highest BCUT2D eigenvalue weighted by atomic mass is 16.6. The molecule has 0 bridgehead atoms. The standard InChI is InChI=1S/C10H19NO6/c1-3-10(4-12)8(15)7(14)6(9(16)17-10)11-5(2)13/h6-9,12,14-16H,3-4H2,1-2H3,(H,11,13)/t6-,7-,8+,9?,10-/m1/s1. The summed E-state index contributed by atoms with van der Waals surface area (Å²) in [6, 6.07) is -1.12. The molecule has 0 aromatic carbocycles. The average molecular weight is 249 g/mol. The maximum atomic E-state index is 10.9. The summed E-state index contributed by atoms with van der Waals surface area (Å²) in [6.07, 6.45) is -4.07. The first-order valence-corrected chi connectivity index (χ1v) is 5.48. The lowest BCUT2D eigenvalue weighted by molar-refractivity contribution is -0.301. The van der Waals surface area contributed by atoms with E-state index >= 15 is 0 Å². The zero-order valence-electron chi connectivity index (χ0n) is 9.83. The molecule has 100 valence electrons. The second-order valence-electron chi connectivity index (χ2n) is 4.25. The van der Waals surface area contributed by atoms with Gasteiger partial charge in [-0.15, -0.1) is 0 Å². The number of amides is 1. The fourth-order valence-corrected chi connectivity index (χ4v) is 1.99. The van der Waals surface area contributed by atoms with Crippen LogP contribution < -0.4 is 5.32 Å². The average Bonchev–Trinajstić information content (AvgIpc) is 2.29. The second-order valence-corrected chi connectivity index (χ2v) is 4.25. The van der Waals surface area contributed by atoms with Crippen LogP contribution in [-0.2, 0) is 9.53 Å². The lowest BCUT2D eigenvalue weighted by Crippen LogP contribution is -2.69. The first-order chi connectivity index (χ1) is 7.88. The minimum absolute atomic E-state index is 0.214. The predicted octanol–water partition coefficient (Wildman–Crippen LogP) is -2.30. The number of aliphatic hydroxyl groups is 4. The molecule has 0 aliphatic carbocycles. The van der Waals surface area contributed by atoms with E-state index in [9.17, 15) is 25.2 Å². The number of ether oxygens (including phenoxy) is 1. The lowest BCUT2D eigenvalue weighted by atomic mass is 9.84. The monoisotopic (exact) mass is 249 g/mol. The molecule has 0 aromatic heterocycles. The lowest BCUT2D eigenvalue weighted by Gasteiger charge is -2.47. The van der Waals surface area contributed by atoms with Gasteiger partial charge in [0, 0.05) is 6.92 Å². The molecule has 17 heavy (non-hydrogen) atoms. The highest BCUT2D eigenvalue weighted by Gasteiger charge is 2.52. The Morgan fingerprint density at radius 1 is 1.41 bits per heavy atom. The molecule has 0 spiro atoms.